The molecule has 0 radical (unpaired) electrons. The van der Waals surface area contributed by atoms with Crippen LogP contribution in [0.25, 0.3) is 0 Å². The number of carbonyl (C=O) groups excluding carboxylic acids is 1. The maximum atomic E-state index is 10.7. The second kappa shape index (κ2) is 7.63. The number of benzene rings is 1. The zero-order chi connectivity index (χ0) is 14.3. The Morgan fingerprint density at radius 1 is 1.32 bits per heavy atom. The van der Waals surface area contributed by atoms with Crippen molar-refractivity contribution in [3.63, 3.8) is 0 Å². The highest BCUT2D eigenvalue weighted by atomic mass is 16.5. The first-order chi connectivity index (χ1) is 9.04. The van der Waals surface area contributed by atoms with E-state index in [-0.39, 0.29) is 5.91 Å². The Hall–Kier alpha value is -1.75. The average molecular weight is 265 g/mol. The van der Waals surface area contributed by atoms with Crippen LogP contribution in [0.5, 0.6) is 5.75 Å². The van der Waals surface area contributed by atoms with Gasteiger partial charge >= 0.3 is 0 Å². The molecule has 0 aliphatic rings. The van der Waals surface area contributed by atoms with E-state index in [0.29, 0.717) is 6.54 Å². The van der Waals surface area contributed by atoms with E-state index in [1.165, 1.54) is 6.92 Å². The maximum Gasteiger partial charge on any atom is 0.216 e. The van der Waals surface area contributed by atoms with E-state index in [9.17, 15) is 4.79 Å². The van der Waals surface area contributed by atoms with Gasteiger partial charge in [-0.15, -0.1) is 0 Å². The molecule has 0 heterocycles. The van der Waals surface area contributed by atoms with Gasteiger partial charge in [-0.25, -0.2) is 0 Å². The maximum absolute atomic E-state index is 10.7. The Morgan fingerprint density at radius 2 is 2.05 bits per heavy atom. The highest BCUT2D eigenvalue weighted by molar-refractivity contribution is 5.72. The minimum absolute atomic E-state index is 0.00111. The quantitative estimate of drug-likeness (QED) is 0.722. The van der Waals surface area contributed by atoms with Crippen molar-refractivity contribution in [1.82, 2.24) is 10.6 Å². The number of nitrogens with zero attached hydrogens (tertiary/aromatic N) is 1. The van der Waals surface area contributed by atoms with Crippen molar-refractivity contribution in [2.45, 2.75) is 13.5 Å². The van der Waals surface area contributed by atoms with Crippen LogP contribution >= 0.6 is 0 Å². The summed E-state index contributed by atoms with van der Waals surface area (Å²) in [5.41, 5.74) is 2.22. The highest BCUT2D eigenvalue weighted by Gasteiger charge is 2.05. The fourth-order valence-electron chi connectivity index (χ4n) is 1.76. The normalized spacial score (nSPS) is 10.1. The van der Waals surface area contributed by atoms with Crippen molar-refractivity contribution in [1.29, 1.82) is 0 Å². The molecule has 0 bridgehead atoms. The second-order valence-electron chi connectivity index (χ2n) is 4.56. The van der Waals surface area contributed by atoms with Gasteiger partial charge in [-0.3, -0.25) is 4.79 Å². The summed E-state index contributed by atoms with van der Waals surface area (Å²) < 4.78 is 5.38. The molecule has 1 aromatic carbocycles. The zero-order valence-corrected chi connectivity index (χ0v) is 12.1. The lowest BCUT2D eigenvalue weighted by molar-refractivity contribution is -0.118. The number of hydrogen-bond donors (Lipinski definition) is 2. The molecule has 0 aliphatic heterocycles. The molecule has 1 aromatic rings. The third kappa shape index (κ3) is 5.18. The Bertz CT molecular complexity index is 419. The summed E-state index contributed by atoms with van der Waals surface area (Å²) in [4.78, 5) is 12.7. The summed E-state index contributed by atoms with van der Waals surface area (Å²) in [6.45, 7) is 3.66. The number of nitrogens with one attached hydrogen (secondary N) is 2. The van der Waals surface area contributed by atoms with E-state index in [0.717, 1.165) is 30.1 Å². The number of rotatable bonds is 7. The van der Waals surface area contributed by atoms with Crippen LogP contribution < -0.4 is 20.3 Å². The number of ether oxygens (including phenoxy) is 1. The molecule has 5 nitrogen and oxygen atoms in total. The summed E-state index contributed by atoms with van der Waals surface area (Å²) in [6, 6.07) is 6.15. The van der Waals surface area contributed by atoms with Gasteiger partial charge in [-0.05, 0) is 17.7 Å². The van der Waals surface area contributed by atoms with Gasteiger partial charge in [0.1, 0.15) is 5.75 Å². The summed E-state index contributed by atoms with van der Waals surface area (Å²) in [6.07, 6.45) is 0. The van der Waals surface area contributed by atoms with Crippen LogP contribution in [0.2, 0.25) is 0 Å². The van der Waals surface area contributed by atoms with Crippen LogP contribution in [0.3, 0.4) is 0 Å². The molecule has 0 saturated heterocycles. The lowest BCUT2D eigenvalue weighted by Crippen LogP contribution is -2.29. The minimum atomic E-state index is -0.00111. The molecule has 5 heteroatoms. The monoisotopic (exact) mass is 265 g/mol. The van der Waals surface area contributed by atoms with Crippen molar-refractivity contribution in [2.24, 2.45) is 0 Å². The zero-order valence-electron chi connectivity index (χ0n) is 12.1. The van der Waals surface area contributed by atoms with Gasteiger partial charge in [0.05, 0.1) is 12.8 Å². The van der Waals surface area contributed by atoms with Crippen molar-refractivity contribution < 1.29 is 9.53 Å². The van der Waals surface area contributed by atoms with E-state index in [2.05, 4.69) is 16.7 Å². The molecule has 106 valence electrons. The average Bonchev–Trinajstić information content (AvgIpc) is 2.37. The molecule has 0 saturated carbocycles. The van der Waals surface area contributed by atoms with Crippen molar-refractivity contribution >= 4 is 11.6 Å². The summed E-state index contributed by atoms with van der Waals surface area (Å²) in [7, 11) is 5.66. The number of hydrogen-bond acceptors (Lipinski definition) is 4. The van der Waals surface area contributed by atoms with Crippen LogP contribution in [-0.4, -0.2) is 40.2 Å². The van der Waals surface area contributed by atoms with Gasteiger partial charge < -0.3 is 20.3 Å². The van der Waals surface area contributed by atoms with Gasteiger partial charge in [0.2, 0.25) is 5.91 Å². The fraction of sp³-hybridized carbons (Fsp3) is 0.500. The van der Waals surface area contributed by atoms with E-state index < -0.39 is 0 Å². The first-order valence-corrected chi connectivity index (χ1v) is 6.34. The Labute approximate surface area is 114 Å². The van der Waals surface area contributed by atoms with Crippen LogP contribution in [0, 0.1) is 0 Å². The van der Waals surface area contributed by atoms with Crippen LogP contribution in [0.15, 0.2) is 18.2 Å². The summed E-state index contributed by atoms with van der Waals surface area (Å²) in [5, 5.41) is 6.02. The van der Waals surface area contributed by atoms with Crippen LogP contribution in [-0.2, 0) is 11.3 Å². The molecule has 0 fully saturated rings. The van der Waals surface area contributed by atoms with Crippen molar-refractivity contribution in [2.75, 3.05) is 39.2 Å². The number of anilines is 1. The molecular formula is C14H23N3O2. The first-order valence-electron chi connectivity index (χ1n) is 6.34. The number of carbonyl (C=O) groups is 1. The van der Waals surface area contributed by atoms with Crippen LogP contribution in [0.1, 0.15) is 12.5 Å². The van der Waals surface area contributed by atoms with Crippen molar-refractivity contribution in [3.8, 4) is 5.75 Å². The Morgan fingerprint density at radius 3 is 2.63 bits per heavy atom. The van der Waals surface area contributed by atoms with Gasteiger partial charge in [-0.1, -0.05) is 6.07 Å². The predicted molar refractivity (Wildman–Crippen MR) is 77.7 cm³/mol. The largest absolute Gasteiger partial charge is 0.495 e. The lowest BCUT2D eigenvalue weighted by atomic mass is 10.1. The smallest absolute Gasteiger partial charge is 0.216 e. The molecule has 0 unspecified atom stereocenters. The molecule has 1 rings (SSSR count). The number of methoxy groups -OCH3 is 1. The van der Waals surface area contributed by atoms with Crippen molar-refractivity contribution in [3.05, 3.63) is 23.8 Å². The molecular weight excluding hydrogens is 242 g/mol. The molecule has 2 N–H and O–H groups in total. The minimum Gasteiger partial charge on any atom is -0.495 e. The van der Waals surface area contributed by atoms with Gasteiger partial charge in [0, 0.05) is 40.7 Å². The van der Waals surface area contributed by atoms with E-state index in [1.807, 2.05) is 31.1 Å². The topological polar surface area (TPSA) is 53.6 Å². The predicted octanol–water partition coefficient (Wildman–Crippen LogP) is 0.987. The van der Waals surface area contributed by atoms with E-state index >= 15 is 0 Å². The summed E-state index contributed by atoms with van der Waals surface area (Å²) in [5.74, 6) is 0.866. The third-order valence-electron chi connectivity index (χ3n) is 2.73. The van der Waals surface area contributed by atoms with E-state index in [4.69, 9.17) is 4.74 Å². The fourth-order valence-corrected chi connectivity index (χ4v) is 1.76. The van der Waals surface area contributed by atoms with Gasteiger partial charge in [-0.2, -0.15) is 0 Å². The third-order valence-corrected chi connectivity index (χ3v) is 2.73. The lowest BCUT2D eigenvalue weighted by Gasteiger charge is -2.17. The Balaban J connectivity index is 2.48. The molecule has 0 spiro atoms. The summed E-state index contributed by atoms with van der Waals surface area (Å²) >= 11 is 0. The molecule has 0 aliphatic carbocycles. The molecule has 1 amide bonds. The molecule has 19 heavy (non-hydrogen) atoms. The second-order valence-corrected chi connectivity index (χ2v) is 4.56. The van der Waals surface area contributed by atoms with Crippen LogP contribution in [0.4, 0.5) is 5.69 Å². The van der Waals surface area contributed by atoms with Gasteiger partial charge in [0.15, 0.2) is 0 Å². The highest BCUT2D eigenvalue weighted by Crippen LogP contribution is 2.27. The molecule has 0 atom stereocenters. The Kier molecular flexibility index (Phi) is 6.15. The SMILES string of the molecule is COc1cc(CNCCNC(C)=O)ccc1N(C)C. The number of amides is 1. The standard InChI is InChI=1S/C14H23N3O2/c1-11(18)16-8-7-15-10-12-5-6-13(17(2)3)14(9-12)19-4/h5-6,9,15H,7-8,10H2,1-4H3,(H,16,18). The van der Waals surface area contributed by atoms with E-state index in [1.54, 1.807) is 7.11 Å². The van der Waals surface area contributed by atoms with Gasteiger partial charge in [0.25, 0.3) is 0 Å². The first kappa shape index (κ1) is 15.3. The molecule has 0 aromatic heterocycles.